The summed E-state index contributed by atoms with van der Waals surface area (Å²) in [6, 6.07) is 4.31. The second kappa shape index (κ2) is 7.71. The summed E-state index contributed by atoms with van der Waals surface area (Å²) >= 11 is 11.1. The van der Waals surface area contributed by atoms with Crippen LogP contribution in [0.3, 0.4) is 0 Å². The van der Waals surface area contributed by atoms with Crippen LogP contribution in [0, 0.1) is 0 Å². The third-order valence-electron chi connectivity index (χ3n) is 2.22. The van der Waals surface area contributed by atoms with Gasteiger partial charge in [-0.2, -0.15) is 0 Å². The lowest BCUT2D eigenvalue weighted by Gasteiger charge is -1.97. The summed E-state index contributed by atoms with van der Waals surface area (Å²) in [5.74, 6) is 0. The molecule has 0 aromatic carbocycles. The van der Waals surface area contributed by atoms with E-state index in [-0.39, 0.29) is 0 Å². The highest BCUT2D eigenvalue weighted by atomic mass is 33.1. The lowest BCUT2D eigenvalue weighted by molar-refractivity contribution is 0.670. The van der Waals surface area contributed by atoms with E-state index in [9.17, 15) is 0 Å². The van der Waals surface area contributed by atoms with E-state index in [4.69, 9.17) is 12.2 Å². The summed E-state index contributed by atoms with van der Waals surface area (Å²) < 4.78 is 0.892. The summed E-state index contributed by atoms with van der Waals surface area (Å²) in [4.78, 5) is 2.64. The van der Waals surface area contributed by atoms with Crippen molar-refractivity contribution in [1.82, 2.24) is 0 Å². The van der Waals surface area contributed by atoms with E-state index in [2.05, 4.69) is 30.7 Å². The highest BCUT2D eigenvalue weighted by molar-refractivity contribution is 8.76. The predicted molar refractivity (Wildman–Crippen MR) is 80.4 cm³/mol. The molecule has 0 amide bonds. The Bertz CT molecular complexity index is 303. The lowest BCUT2D eigenvalue weighted by atomic mass is 10.1. The Kier molecular flexibility index (Phi) is 6.97. The van der Waals surface area contributed by atoms with Gasteiger partial charge in [0.25, 0.3) is 0 Å². The van der Waals surface area contributed by atoms with Crippen molar-refractivity contribution < 1.29 is 0 Å². The van der Waals surface area contributed by atoms with Gasteiger partial charge in [-0.25, -0.2) is 0 Å². The van der Waals surface area contributed by atoms with Crippen LogP contribution in [0.2, 0.25) is 0 Å². The molecule has 0 atom stereocenters. The first-order chi connectivity index (χ1) is 7.27. The average Bonchev–Trinajstić information content (AvgIpc) is 2.72. The minimum atomic E-state index is 0.892. The molecular formula is C11H16S4. The van der Waals surface area contributed by atoms with Crippen molar-refractivity contribution >= 4 is 50.2 Å². The van der Waals surface area contributed by atoms with Crippen LogP contribution in [0.5, 0.6) is 0 Å². The summed E-state index contributed by atoms with van der Waals surface area (Å²) in [5, 5.41) is 0. The van der Waals surface area contributed by atoms with Gasteiger partial charge in [0, 0.05) is 4.88 Å². The van der Waals surface area contributed by atoms with E-state index in [1.165, 1.54) is 52.7 Å². The zero-order chi connectivity index (χ0) is 11.1. The summed E-state index contributed by atoms with van der Waals surface area (Å²) in [6.45, 7) is 2.24. The molecule has 0 aliphatic carbocycles. The minimum Gasteiger partial charge on any atom is -0.139 e. The molecule has 0 saturated heterocycles. The van der Waals surface area contributed by atoms with Crippen LogP contribution in [-0.4, -0.2) is 4.20 Å². The molecule has 84 valence electrons. The predicted octanol–water partition coefficient (Wildman–Crippen LogP) is 5.12. The van der Waals surface area contributed by atoms with Gasteiger partial charge in [-0.05, 0) is 35.8 Å². The van der Waals surface area contributed by atoms with E-state index < -0.39 is 0 Å². The van der Waals surface area contributed by atoms with Crippen LogP contribution in [-0.2, 0) is 6.42 Å². The smallest absolute Gasteiger partial charge is 0.0982 e. The highest BCUT2D eigenvalue weighted by Crippen LogP contribution is 2.25. The third kappa shape index (κ3) is 4.89. The van der Waals surface area contributed by atoms with E-state index in [0.29, 0.717) is 0 Å². The van der Waals surface area contributed by atoms with Crippen molar-refractivity contribution in [2.24, 2.45) is 0 Å². The molecule has 0 bridgehead atoms. The molecule has 0 N–H and O–H groups in total. The van der Waals surface area contributed by atoms with Gasteiger partial charge in [-0.1, -0.05) is 38.4 Å². The first-order valence-corrected chi connectivity index (χ1v) is 8.31. The average molecular weight is 277 g/mol. The van der Waals surface area contributed by atoms with Crippen LogP contribution in [0.4, 0.5) is 0 Å². The molecule has 0 saturated carbocycles. The number of hydrogen-bond donors (Lipinski definition) is 1. The Morgan fingerprint density at radius 3 is 2.87 bits per heavy atom. The molecule has 0 aliphatic rings. The standard InChI is InChI=1S/C11H16S4/c1-2-3-4-5-6-9-7-8-10(14-9)11(12)15-13/h7-8,13H,2-6H2,1H3. The largest absolute Gasteiger partial charge is 0.139 e. The fourth-order valence-electron chi connectivity index (χ4n) is 1.39. The molecule has 1 rings (SSSR count). The van der Waals surface area contributed by atoms with E-state index in [0.717, 1.165) is 4.20 Å². The first kappa shape index (κ1) is 13.6. The third-order valence-corrected chi connectivity index (χ3v) is 5.42. The van der Waals surface area contributed by atoms with Gasteiger partial charge in [-0.15, -0.1) is 23.0 Å². The number of thiocarbonyl (C=S) groups is 1. The summed E-state index contributed by atoms with van der Waals surface area (Å²) in [5.41, 5.74) is 0. The number of rotatable bonds is 6. The van der Waals surface area contributed by atoms with E-state index >= 15 is 0 Å². The molecule has 1 heterocycles. The lowest BCUT2D eigenvalue weighted by Crippen LogP contribution is -1.82. The van der Waals surface area contributed by atoms with Crippen molar-refractivity contribution in [1.29, 1.82) is 0 Å². The highest BCUT2D eigenvalue weighted by Gasteiger charge is 2.04. The van der Waals surface area contributed by atoms with Crippen LogP contribution in [0.1, 0.15) is 42.4 Å². The molecular weight excluding hydrogens is 260 g/mol. The van der Waals surface area contributed by atoms with Gasteiger partial charge in [0.1, 0.15) is 0 Å². The molecule has 4 heteroatoms. The summed E-state index contributed by atoms with van der Waals surface area (Å²) in [6.07, 6.45) is 6.49. The number of aryl methyl sites for hydroxylation is 1. The zero-order valence-electron chi connectivity index (χ0n) is 8.86. The maximum absolute atomic E-state index is 5.19. The summed E-state index contributed by atoms with van der Waals surface area (Å²) in [7, 11) is 1.36. The van der Waals surface area contributed by atoms with Crippen molar-refractivity contribution in [2.45, 2.75) is 39.0 Å². The van der Waals surface area contributed by atoms with Gasteiger partial charge in [0.05, 0.1) is 9.07 Å². The SMILES string of the molecule is CCCCCCc1ccc(C(=S)SS)s1. The maximum atomic E-state index is 5.19. The van der Waals surface area contributed by atoms with Gasteiger partial charge in [0.2, 0.25) is 0 Å². The molecule has 1 aromatic rings. The Balaban J connectivity index is 2.36. The normalized spacial score (nSPS) is 10.5. The molecule has 0 fully saturated rings. The topological polar surface area (TPSA) is 0 Å². The minimum absolute atomic E-state index is 0.892. The fraction of sp³-hybridized carbons (Fsp3) is 0.545. The first-order valence-electron chi connectivity index (χ1n) is 5.22. The van der Waals surface area contributed by atoms with Gasteiger partial charge >= 0.3 is 0 Å². The second-order valence-corrected chi connectivity index (χ2v) is 6.43. The van der Waals surface area contributed by atoms with E-state index in [1.807, 2.05) is 11.3 Å². The number of hydrogen-bond acceptors (Lipinski definition) is 4. The number of thiol groups is 1. The Labute approximate surface area is 111 Å². The molecule has 1 aromatic heterocycles. The van der Waals surface area contributed by atoms with Gasteiger partial charge in [-0.3, -0.25) is 0 Å². The van der Waals surface area contributed by atoms with Gasteiger partial charge < -0.3 is 0 Å². The van der Waals surface area contributed by atoms with Crippen molar-refractivity contribution in [3.8, 4) is 0 Å². The molecule has 0 unspecified atom stereocenters. The molecule has 0 spiro atoms. The molecule has 15 heavy (non-hydrogen) atoms. The van der Waals surface area contributed by atoms with Crippen LogP contribution in [0.15, 0.2) is 12.1 Å². The van der Waals surface area contributed by atoms with Gasteiger partial charge in [0.15, 0.2) is 0 Å². The molecule has 0 nitrogen and oxygen atoms in total. The number of unbranched alkanes of at least 4 members (excludes halogenated alkanes) is 3. The Morgan fingerprint density at radius 2 is 2.20 bits per heavy atom. The Morgan fingerprint density at radius 1 is 1.40 bits per heavy atom. The van der Waals surface area contributed by atoms with Crippen LogP contribution < -0.4 is 0 Å². The Hall–Kier alpha value is 0.490. The van der Waals surface area contributed by atoms with Crippen LogP contribution in [0.25, 0.3) is 0 Å². The molecule has 0 aliphatic heterocycles. The maximum Gasteiger partial charge on any atom is 0.0982 e. The second-order valence-electron chi connectivity index (χ2n) is 3.46. The van der Waals surface area contributed by atoms with Crippen molar-refractivity contribution in [3.05, 3.63) is 21.9 Å². The van der Waals surface area contributed by atoms with Crippen LogP contribution >= 0.6 is 46.0 Å². The zero-order valence-corrected chi connectivity index (χ0v) is 12.2. The monoisotopic (exact) mass is 276 g/mol. The number of thiophene rings is 1. The quantitative estimate of drug-likeness (QED) is 0.331. The fourth-order valence-corrected chi connectivity index (χ4v) is 3.36. The van der Waals surface area contributed by atoms with Crippen molar-refractivity contribution in [2.75, 3.05) is 0 Å². The van der Waals surface area contributed by atoms with Crippen molar-refractivity contribution in [3.63, 3.8) is 0 Å². The molecule has 0 radical (unpaired) electrons. The van der Waals surface area contributed by atoms with E-state index in [1.54, 1.807) is 0 Å².